The number of carbonyl (C=O) groups is 1. The van der Waals surface area contributed by atoms with Gasteiger partial charge in [-0.15, -0.1) is 0 Å². The number of nitrogens with one attached hydrogen (secondary N) is 1. The normalized spacial score (nSPS) is 21.3. The molecule has 0 aliphatic carbocycles. The Morgan fingerprint density at radius 2 is 2.22 bits per heavy atom. The van der Waals surface area contributed by atoms with Crippen molar-refractivity contribution in [3.8, 4) is 0 Å². The van der Waals surface area contributed by atoms with Gasteiger partial charge in [0.2, 0.25) is 0 Å². The van der Waals surface area contributed by atoms with E-state index in [4.69, 9.17) is 0 Å². The summed E-state index contributed by atoms with van der Waals surface area (Å²) < 4.78 is 0. The van der Waals surface area contributed by atoms with Gasteiger partial charge in [-0.2, -0.15) is 0 Å². The lowest BCUT2D eigenvalue weighted by molar-refractivity contribution is 0.0883. The SMILES string of the molecule is Cc1cccnc1CN1C[C@@H](O)[C@H](NC(=O)c2cnccn2)C1. The van der Waals surface area contributed by atoms with E-state index in [2.05, 4.69) is 25.2 Å². The molecular formula is C16H19N5O2. The largest absolute Gasteiger partial charge is 0.390 e. The van der Waals surface area contributed by atoms with Gasteiger partial charge in [0, 0.05) is 38.2 Å². The van der Waals surface area contributed by atoms with Crippen molar-refractivity contribution in [2.45, 2.75) is 25.6 Å². The van der Waals surface area contributed by atoms with Crippen LogP contribution in [0, 0.1) is 6.92 Å². The van der Waals surface area contributed by atoms with E-state index in [1.54, 1.807) is 6.20 Å². The summed E-state index contributed by atoms with van der Waals surface area (Å²) in [5.41, 5.74) is 2.35. The number of β-amino-alcohol motifs (C(OH)–C–C–N with tert-alkyl or cyclic N) is 1. The van der Waals surface area contributed by atoms with Crippen molar-refractivity contribution in [3.63, 3.8) is 0 Å². The lowest BCUT2D eigenvalue weighted by Crippen LogP contribution is -2.43. The number of aliphatic hydroxyl groups is 1. The van der Waals surface area contributed by atoms with E-state index in [-0.39, 0.29) is 17.6 Å². The quantitative estimate of drug-likeness (QED) is 0.835. The van der Waals surface area contributed by atoms with E-state index < -0.39 is 6.10 Å². The summed E-state index contributed by atoms with van der Waals surface area (Å²) >= 11 is 0. The summed E-state index contributed by atoms with van der Waals surface area (Å²) in [6.07, 6.45) is 5.54. The summed E-state index contributed by atoms with van der Waals surface area (Å²) in [7, 11) is 0. The molecule has 0 spiro atoms. The van der Waals surface area contributed by atoms with Gasteiger partial charge in [0.05, 0.1) is 24.0 Å². The predicted octanol–water partition coefficient (Wildman–Crippen LogP) is 0.155. The highest BCUT2D eigenvalue weighted by Crippen LogP contribution is 2.15. The number of likely N-dealkylation sites (tertiary alicyclic amines) is 1. The number of aromatic nitrogens is 3. The summed E-state index contributed by atoms with van der Waals surface area (Å²) in [6, 6.07) is 3.59. The average Bonchev–Trinajstić information content (AvgIpc) is 2.90. The van der Waals surface area contributed by atoms with Gasteiger partial charge in [0.1, 0.15) is 5.69 Å². The number of hydrogen-bond donors (Lipinski definition) is 2. The first-order chi connectivity index (χ1) is 11.1. The van der Waals surface area contributed by atoms with Gasteiger partial charge in [-0.25, -0.2) is 4.98 Å². The fourth-order valence-electron chi connectivity index (χ4n) is 2.69. The van der Waals surface area contributed by atoms with Crippen LogP contribution in [0.15, 0.2) is 36.9 Å². The Labute approximate surface area is 134 Å². The number of aryl methyl sites for hydroxylation is 1. The third-order valence-electron chi connectivity index (χ3n) is 3.97. The predicted molar refractivity (Wildman–Crippen MR) is 83.5 cm³/mol. The molecule has 0 radical (unpaired) electrons. The molecule has 2 aromatic heterocycles. The minimum atomic E-state index is -0.611. The molecule has 7 nitrogen and oxygen atoms in total. The van der Waals surface area contributed by atoms with Crippen LogP contribution in [-0.2, 0) is 6.54 Å². The molecule has 1 aliphatic heterocycles. The fourth-order valence-corrected chi connectivity index (χ4v) is 2.69. The summed E-state index contributed by atoms with van der Waals surface area (Å²) in [4.78, 5) is 26.4. The second-order valence-corrected chi connectivity index (χ2v) is 5.70. The van der Waals surface area contributed by atoms with E-state index in [1.807, 2.05) is 19.1 Å². The molecule has 1 fully saturated rings. The number of amides is 1. The molecule has 1 amide bonds. The number of carbonyl (C=O) groups excluding carboxylic acids is 1. The second-order valence-electron chi connectivity index (χ2n) is 5.70. The van der Waals surface area contributed by atoms with Crippen LogP contribution in [0.25, 0.3) is 0 Å². The summed E-state index contributed by atoms with van der Waals surface area (Å²) in [6.45, 7) is 3.74. The zero-order valence-electron chi connectivity index (χ0n) is 12.9. The van der Waals surface area contributed by atoms with Crippen molar-refractivity contribution in [2.75, 3.05) is 13.1 Å². The number of rotatable bonds is 4. The van der Waals surface area contributed by atoms with Crippen LogP contribution in [0.5, 0.6) is 0 Å². The van der Waals surface area contributed by atoms with Gasteiger partial charge in [0.25, 0.3) is 5.91 Å². The third-order valence-corrected chi connectivity index (χ3v) is 3.97. The highest BCUT2D eigenvalue weighted by atomic mass is 16.3. The zero-order valence-corrected chi connectivity index (χ0v) is 12.9. The highest BCUT2D eigenvalue weighted by molar-refractivity contribution is 5.92. The lowest BCUT2D eigenvalue weighted by Gasteiger charge is -2.17. The molecule has 3 rings (SSSR count). The molecule has 2 atom stereocenters. The number of pyridine rings is 1. The van der Waals surface area contributed by atoms with Gasteiger partial charge in [-0.3, -0.25) is 19.7 Å². The van der Waals surface area contributed by atoms with Crippen molar-refractivity contribution in [1.29, 1.82) is 0 Å². The molecular weight excluding hydrogens is 294 g/mol. The minimum Gasteiger partial charge on any atom is -0.390 e. The monoisotopic (exact) mass is 313 g/mol. The zero-order chi connectivity index (χ0) is 16.2. The Bertz CT molecular complexity index is 679. The van der Waals surface area contributed by atoms with Crippen LogP contribution in [0.3, 0.4) is 0 Å². The second kappa shape index (κ2) is 6.80. The Morgan fingerprint density at radius 3 is 2.96 bits per heavy atom. The lowest BCUT2D eigenvalue weighted by atomic mass is 10.2. The van der Waals surface area contributed by atoms with Crippen molar-refractivity contribution in [1.82, 2.24) is 25.2 Å². The molecule has 1 aliphatic rings. The van der Waals surface area contributed by atoms with Crippen molar-refractivity contribution >= 4 is 5.91 Å². The fraction of sp³-hybridized carbons (Fsp3) is 0.375. The first kappa shape index (κ1) is 15.5. The molecule has 120 valence electrons. The smallest absolute Gasteiger partial charge is 0.271 e. The maximum Gasteiger partial charge on any atom is 0.271 e. The van der Waals surface area contributed by atoms with E-state index in [1.165, 1.54) is 18.6 Å². The maximum absolute atomic E-state index is 12.1. The van der Waals surface area contributed by atoms with Gasteiger partial charge < -0.3 is 10.4 Å². The van der Waals surface area contributed by atoms with Crippen molar-refractivity contribution in [3.05, 3.63) is 53.9 Å². The number of hydrogen-bond acceptors (Lipinski definition) is 6. The molecule has 0 saturated carbocycles. The molecule has 0 unspecified atom stereocenters. The van der Waals surface area contributed by atoms with Crippen molar-refractivity contribution in [2.24, 2.45) is 0 Å². The standard InChI is InChI=1S/C16H19N5O2/c1-11-3-2-4-18-13(11)8-21-9-14(15(22)10-21)20-16(23)12-7-17-5-6-19-12/h2-7,14-15,22H,8-10H2,1H3,(H,20,23)/t14-,15-/m1/s1. The van der Waals surface area contributed by atoms with Crippen LogP contribution < -0.4 is 5.32 Å². The molecule has 3 heterocycles. The van der Waals surface area contributed by atoms with Crippen LogP contribution in [-0.4, -0.2) is 56.1 Å². The molecule has 1 saturated heterocycles. The highest BCUT2D eigenvalue weighted by Gasteiger charge is 2.33. The van der Waals surface area contributed by atoms with Gasteiger partial charge >= 0.3 is 0 Å². The van der Waals surface area contributed by atoms with E-state index in [0.29, 0.717) is 19.6 Å². The summed E-state index contributed by atoms with van der Waals surface area (Å²) in [5.74, 6) is -0.321. The van der Waals surface area contributed by atoms with Gasteiger partial charge in [0.15, 0.2) is 0 Å². The number of aliphatic hydroxyl groups excluding tert-OH is 1. The molecule has 2 N–H and O–H groups in total. The third kappa shape index (κ3) is 3.69. The van der Waals surface area contributed by atoms with E-state index >= 15 is 0 Å². The van der Waals surface area contributed by atoms with E-state index in [0.717, 1.165) is 11.3 Å². The molecule has 0 bridgehead atoms. The topological polar surface area (TPSA) is 91.2 Å². The minimum absolute atomic E-state index is 0.249. The Hall–Kier alpha value is -2.38. The summed E-state index contributed by atoms with van der Waals surface area (Å²) in [5, 5.41) is 13.0. The first-order valence-corrected chi connectivity index (χ1v) is 7.51. The van der Waals surface area contributed by atoms with Gasteiger partial charge in [-0.1, -0.05) is 6.07 Å². The Kier molecular flexibility index (Phi) is 4.59. The molecule has 23 heavy (non-hydrogen) atoms. The van der Waals surface area contributed by atoms with Crippen LogP contribution >= 0.6 is 0 Å². The molecule has 0 aromatic carbocycles. The first-order valence-electron chi connectivity index (χ1n) is 7.51. The number of nitrogens with zero attached hydrogens (tertiary/aromatic N) is 4. The molecule has 2 aromatic rings. The molecule has 7 heteroatoms. The van der Waals surface area contributed by atoms with Crippen molar-refractivity contribution < 1.29 is 9.90 Å². The average molecular weight is 313 g/mol. The van der Waals surface area contributed by atoms with Crippen LogP contribution in [0.2, 0.25) is 0 Å². The maximum atomic E-state index is 12.1. The Morgan fingerprint density at radius 1 is 1.35 bits per heavy atom. The van der Waals surface area contributed by atoms with Crippen LogP contribution in [0.4, 0.5) is 0 Å². The van der Waals surface area contributed by atoms with E-state index in [9.17, 15) is 9.90 Å². The Balaban J connectivity index is 1.60. The van der Waals surface area contributed by atoms with Gasteiger partial charge in [-0.05, 0) is 18.6 Å². The van der Waals surface area contributed by atoms with Crippen LogP contribution in [0.1, 0.15) is 21.7 Å².